The lowest BCUT2D eigenvalue weighted by molar-refractivity contribution is 0.0695. The van der Waals surface area contributed by atoms with Crippen molar-refractivity contribution in [1.29, 1.82) is 0 Å². The van der Waals surface area contributed by atoms with Crippen LogP contribution >= 0.6 is 0 Å². The molecular weight excluding hydrogens is 353 g/mol. The second-order valence-corrected chi connectivity index (χ2v) is 6.21. The molecule has 0 radical (unpaired) electrons. The average Bonchev–Trinajstić information content (AvgIpc) is 3.08. The minimum atomic E-state index is -1.03. The van der Waals surface area contributed by atoms with Gasteiger partial charge in [0.2, 0.25) is 0 Å². The number of carbonyl (C=O) groups excluding carboxylic acids is 2. The van der Waals surface area contributed by atoms with Gasteiger partial charge in [0.05, 0.1) is 11.1 Å². The van der Waals surface area contributed by atoms with Gasteiger partial charge in [-0.3, -0.25) is 9.69 Å². The van der Waals surface area contributed by atoms with E-state index < -0.39 is 17.7 Å². The normalized spacial score (nSPS) is 13.4. The lowest BCUT2D eigenvalue weighted by atomic mass is 10.1. The molecule has 27 heavy (non-hydrogen) atoms. The SMILES string of the molecule is CN(Cc1ccc(C(=O)O)cc1)C(=O)c1cc(N2CCNC2=O)ccc1F. The fraction of sp³-hybridized carbons (Fsp3) is 0.211. The molecule has 1 aliphatic rings. The number of nitrogens with zero attached hydrogens (tertiary/aromatic N) is 2. The van der Waals surface area contributed by atoms with Gasteiger partial charge in [0.25, 0.3) is 5.91 Å². The van der Waals surface area contributed by atoms with Crippen molar-refractivity contribution in [3.8, 4) is 0 Å². The van der Waals surface area contributed by atoms with Gasteiger partial charge in [-0.1, -0.05) is 12.1 Å². The second kappa shape index (κ2) is 7.45. The summed E-state index contributed by atoms with van der Waals surface area (Å²) in [5.41, 5.74) is 1.19. The van der Waals surface area contributed by atoms with Crippen molar-refractivity contribution in [2.24, 2.45) is 0 Å². The van der Waals surface area contributed by atoms with Crippen LogP contribution in [-0.4, -0.2) is 48.1 Å². The highest BCUT2D eigenvalue weighted by Crippen LogP contribution is 2.22. The molecule has 1 saturated heterocycles. The van der Waals surface area contributed by atoms with E-state index in [2.05, 4.69) is 5.32 Å². The molecule has 140 valence electrons. The molecule has 0 saturated carbocycles. The van der Waals surface area contributed by atoms with Crippen LogP contribution in [0.3, 0.4) is 0 Å². The number of halogens is 1. The highest BCUT2D eigenvalue weighted by molar-refractivity contribution is 5.98. The van der Waals surface area contributed by atoms with Gasteiger partial charge in [0.15, 0.2) is 0 Å². The molecule has 1 fully saturated rings. The molecule has 2 aromatic carbocycles. The number of carboxylic acids is 1. The van der Waals surface area contributed by atoms with Crippen LogP contribution in [0, 0.1) is 5.82 Å². The van der Waals surface area contributed by atoms with Gasteiger partial charge >= 0.3 is 12.0 Å². The largest absolute Gasteiger partial charge is 0.478 e. The van der Waals surface area contributed by atoms with E-state index in [0.29, 0.717) is 24.3 Å². The Labute approximate surface area is 155 Å². The van der Waals surface area contributed by atoms with E-state index in [-0.39, 0.29) is 23.7 Å². The molecule has 2 aromatic rings. The Balaban J connectivity index is 1.77. The van der Waals surface area contributed by atoms with Crippen LogP contribution < -0.4 is 10.2 Å². The lowest BCUT2D eigenvalue weighted by Crippen LogP contribution is -2.29. The zero-order chi connectivity index (χ0) is 19.6. The first kappa shape index (κ1) is 18.4. The summed E-state index contributed by atoms with van der Waals surface area (Å²) in [6.07, 6.45) is 0. The maximum atomic E-state index is 14.2. The zero-order valence-electron chi connectivity index (χ0n) is 14.6. The third-order valence-electron chi connectivity index (χ3n) is 4.32. The maximum Gasteiger partial charge on any atom is 0.335 e. The summed E-state index contributed by atoms with van der Waals surface area (Å²) < 4.78 is 14.2. The first-order valence-corrected chi connectivity index (χ1v) is 8.29. The van der Waals surface area contributed by atoms with Gasteiger partial charge in [0, 0.05) is 32.4 Å². The Morgan fingerprint density at radius 3 is 2.52 bits per heavy atom. The number of carbonyl (C=O) groups is 3. The molecule has 0 aliphatic carbocycles. The number of hydrogen-bond donors (Lipinski definition) is 2. The fourth-order valence-corrected chi connectivity index (χ4v) is 2.87. The van der Waals surface area contributed by atoms with Crippen LogP contribution in [-0.2, 0) is 6.54 Å². The summed E-state index contributed by atoms with van der Waals surface area (Å²) in [5, 5.41) is 11.6. The van der Waals surface area contributed by atoms with Gasteiger partial charge < -0.3 is 15.3 Å². The Morgan fingerprint density at radius 1 is 1.22 bits per heavy atom. The highest BCUT2D eigenvalue weighted by atomic mass is 19.1. The van der Waals surface area contributed by atoms with E-state index >= 15 is 0 Å². The number of carboxylic acid groups (broad SMARTS) is 1. The minimum Gasteiger partial charge on any atom is -0.478 e. The Kier molecular flexibility index (Phi) is 5.07. The zero-order valence-corrected chi connectivity index (χ0v) is 14.6. The maximum absolute atomic E-state index is 14.2. The molecule has 0 atom stereocenters. The van der Waals surface area contributed by atoms with Crippen LogP contribution in [0.2, 0.25) is 0 Å². The second-order valence-electron chi connectivity index (χ2n) is 6.21. The van der Waals surface area contributed by atoms with Gasteiger partial charge in [0.1, 0.15) is 5.82 Å². The molecule has 1 heterocycles. The van der Waals surface area contributed by atoms with Crippen molar-refractivity contribution in [3.05, 3.63) is 65.0 Å². The van der Waals surface area contributed by atoms with E-state index in [4.69, 9.17) is 5.11 Å². The van der Waals surface area contributed by atoms with E-state index in [1.807, 2.05) is 0 Å². The van der Waals surface area contributed by atoms with Crippen molar-refractivity contribution >= 4 is 23.6 Å². The summed E-state index contributed by atoms with van der Waals surface area (Å²) in [7, 11) is 1.53. The molecular formula is C19H18FN3O4. The Bertz CT molecular complexity index is 898. The number of benzene rings is 2. The molecule has 0 spiro atoms. The molecule has 0 aromatic heterocycles. The molecule has 3 rings (SSSR count). The van der Waals surface area contributed by atoms with Crippen LogP contribution in [0.1, 0.15) is 26.3 Å². The number of nitrogens with one attached hydrogen (secondary N) is 1. The highest BCUT2D eigenvalue weighted by Gasteiger charge is 2.24. The third-order valence-corrected chi connectivity index (χ3v) is 4.32. The fourth-order valence-electron chi connectivity index (χ4n) is 2.87. The quantitative estimate of drug-likeness (QED) is 0.844. The monoisotopic (exact) mass is 371 g/mol. The molecule has 8 heteroatoms. The van der Waals surface area contributed by atoms with Crippen LogP contribution in [0.25, 0.3) is 0 Å². The summed E-state index contributed by atoms with van der Waals surface area (Å²) in [4.78, 5) is 38.1. The number of hydrogen-bond acceptors (Lipinski definition) is 3. The lowest BCUT2D eigenvalue weighted by Gasteiger charge is -2.20. The van der Waals surface area contributed by atoms with Crippen molar-refractivity contribution in [2.75, 3.05) is 25.0 Å². The topological polar surface area (TPSA) is 90.0 Å². The van der Waals surface area contributed by atoms with Crippen LogP contribution in [0.5, 0.6) is 0 Å². The molecule has 2 N–H and O–H groups in total. The van der Waals surface area contributed by atoms with Gasteiger partial charge in [-0.15, -0.1) is 0 Å². The predicted molar refractivity (Wildman–Crippen MR) is 96.3 cm³/mol. The van der Waals surface area contributed by atoms with Gasteiger partial charge in [-0.2, -0.15) is 0 Å². The smallest absolute Gasteiger partial charge is 0.335 e. The average molecular weight is 371 g/mol. The summed E-state index contributed by atoms with van der Waals surface area (Å²) in [5.74, 6) is -2.23. The first-order chi connectivity index (χ1) is 12.9. The Hall–Kier alpha value is -3.42. The van der Waals surface area contributed by atoms with Crippen molar-refractivity contribution < 1.29 is 23.9 Å². The molecule has 7 nitrogen and oxygen atoms in total. The summed E-state index contributed by atoms with van der Waals surface area (Å²) >= 11 is 0. The predicted octanol–water partition coefficient (Wildman–Crippen LogP) is 2.33. The number of aromatic carboxylic acids is 1. The van der Waals surface area contributed by atoms with E-state index in [1.165, 1.54) is 47.2 Å². The molecule has 0 bridgehead atoms. The molecule has 0 unspecified atom stereocenters. The molecule has 3 amide bonds. The van der Waals surface area contributed by atoms with Gasteiger partial charge in [-0.05, 0) is 35.9 Å². The number of amides is 3. The van der Waals surface area contributed by atoms with E-state index in [9.17, 15) is 18.8 Å². The van der Waals surface area contributed by atoms with Crippen molar-refractivity contribution in [3.63, 3.8) is 0 Å². The third kappa shape index (κ3) is 3.89. The Morgan fingerprint density at radius 2 is 1.93 bits per heavy atom. The number of urea groups is 1. The standard InChI is InChI=1S/C19H18FN3O4/c1-22(11-12-2-4-13(5-3-12)18(25)26)17(24)15-10-14(6-7-16(15)20)23-9-8-21-19(23)27/h2-7,10H,8-9,11H2,1H3,(H,21,27)(H,25,26). The summed E-state index contributed by atoms with van der Waals surface area (Å²) in [6.45, 7) is 1.13. The van der Waals surface area contributed by atoms with E-state index in [0.717, 1.165) is 0 Å². The van der Waals surface area contributed by atoms with Crippen LogP contribution in [0.4, 0.5) is 14.9 Å². The van der Waals surface area contributed by atoms with E-state index in [1.54, 1.807) is 12.1 Å². The van der Waals surface area contributed by atoms with Crippen LogP contribution in [0.15, 0.2) is 42.5 Å². The van der Waals surface area contributed by atoms with Gasteiger partial charge in [-0.25, -0.2) is 14.0 Å². The van der Waals surface area contributed by atoms with Crippen molar-refractivity contribution in [1.82, 2.24) is 10.2 Å². The van der Waals surface area contributed by atoms with Crippen molar-refractivity contribution in [2.45, 2.75) is 6.54 Å². The minimum absolute atomic E-state index is 0.128. The molecule has 1 aliphatic heterocycles. The summed E-state index contributed by atoms with van der Waals surface area (Å²) in [6, 6.07) is 9.82. The number of anilines is 1. The first-order valence-electron chi connectivity index (χ1n) is 8.29. The number of rotatable bonds is 5.